The van der Waals surface area contributed by atoms with Gasteiger partial charge in [0.05, 0.1) is 26.4 Å². The van der Waals surface area contributed by atoms with E-state index in [4.69, 9.17) is 23.7 Å². The zero-order valence-electron chi connectivity index (χ0n) is 51.3. The molecule has 0 aromatic rings. The molecule has 1 saturated heterocycles. The number of hydrogen-bond donors (Lipinski definition) is 0. The number of carbonyl (C=O) groups is 1. The van der Waals surface area contributed by atoms with Crippen LogP contribution in [0.2, 0.25) is 0 Å². The largest absolute Gasteiger partial charge is 0.593 e. The average Bonchev–Trinajstić information content (AvgIpc) is 3.28. The predicted molar refractivity (Wildman–Crippen MR) is 314 cm³/mol. The van der Waals surface area contributed by atoms with Gasteiger partial charge < -0.3 is 28.7 Å². The molecule has 3 unspecified atom stereocenters. The van der Waals surface area contributed by atoms with Gasteiger partial charge in [0.2, 0.25) is 5.91 Å². The highest BCUT2D eigenvalue weighted by Gasteiger charge is 2.97. The molecule has 1 aliphatic heterocycles. The molecule has 0 aromatic carbocycles. The van der Waals surface area contributed by atoms with Gasteiger partial charge in [0.25, 0.3) is 0 Å². The lowest BCUT2D eigenvalue weighted by Gasteiger charge is -2.71. The fourth-order valence-electron chi connectivity index (χ4n) is 9.54. The number of ether oxygens (including phenoxy) is 5. The highest BCUT2D eigenvalue weighted by Crippen LogP contribution is 2.75. The van der Waals surface area contributed by atoms with Crippen molar-refractivity contribution < 1.29 is 47.4 Å². The van der Waals surface area contributed by atoms with Crippen LogP contribution >= 0.6 is 16.1 Å². The summed E-state index contributed by atoms with van der Waals surface area (Å²) < 4.78 is 70.8. The Morgan fingerprint density at radius 2 is 0.829 bits per heavy atom. The lowest BCUT2D eigenvalue weighted by molar-refractivity contribution is -0.453. The van der Waals surface area contributed by atoms with Gasteiger partial charge in [0.15, 0.2) is 5.60 Å². The second-order valence-corrected chi connectivity index (χ2v) is 25.5. The van der Waals surface area contributed by atoms with E-state index < -0.39 is 61.8 Å². The summed E-state index contributed by atoms with van der Waals surface area (Å²) in [5.41, 5.74) is -2.05. The zero-order chi connectivity index (χ0) is 58.5. The predicted octanol–water partition coefficient (Wildman–Crippen LogP) is 15.8. The Morgan fingerprint density at radius 3 is 1.22 bits per heavy atom. The maximum atomic E-state index is 16.3. The summed E-state index contributed by atoms with van der Waals surface area (Å²) in [4.78, 5) is 49.5. The standard InChI is InChI=1S/C63H101NO10P2/c1-46(2)24-23-25-57(65)64(41-31-52(13)14)62(75(66)67)61(40-30-51(11)12,72-44-34-55(19)20)60(39-29-50(9)10,71-43-33-54(17)18)59(38-28-49(7)8,74-63(62,76(68)69)73-45-35-56(21)22)58(36-26-47(3)4,37-27-48(5)6)70-42-32-53(15)16/h24,26-35H,23,25,36-45H2,1-22H3/t59-,60+,61-,62-,63?/m1/s1. The third kappa shape index (κ3) is 17.8. The first kappa shape index (κ1) is 70.5. The van der Waals surface area contributed by atoms with E-state index in [1.807, 2.05) is 195 Å². The SMILES string of the molecule is CC(C)=CCCC(=O)N(CC=C(C)C)[C@]1([P+](=O)[O-])C(OCC=C(C)C)([P+](=O)[O-])O[C@](CC=C(C)C)(C(CC=C(C)C)(CC=C(C)C)OCC=C(C)C)[C@](CC=C(C)C)(OCC=C(C)C)[C@@]1(CC=C(C)C)OCC=C(C)C. The van der Waals surface area contributed by atoms with Crippen molar-refractivity contribution in [1.82, 2.24) is 4.90 Å². The highest BCUT2D eigenvalue weighted by molar-refractivity contribution is 7.43. The quantitative estimate of drug-likeness (QED) is 0.0485. The molecule has 0 bridgehead atoms. The van der Waals surface area contributed by atoms with Gasteiger partial charge in [-0.25, -0.2) is 0 Å². The molecule has 1 rings (SSSR count). The molecule has 0 saturated carbocycles. The Balaban J connectivity index is 6.28. The smallest absolute Gasteiger partial charge is 0.446 e. The number of hydrogen-bond acceptors (Lipinski definition) is 10. The molecule has 13 heteroatoms. The van der Waals surface area contributed by atoms with Crippen molar-refractivity contribution in [3.8, 4) is 0 Å². The first-order valence-electron chi connectivity index (χ1n) is 27.1. The normalized spacial score (nSPS) is 22.3. The Morgan fingerprint density at radius 1 is 0.461 bits per heavy atom. The number of nitrogens with zero attached hydrogens (tertiary/aromatic N) is 1. The minimum atomic E-state index is -4.28. The van der Waals surface area contributed by atoms with Crippen molar-refractivity contribution in [3.63, 3.8) is 0 Å². The Labute approximate surface area is 463 Å². The van der Waals surface area contributed by atoms with E-state index in [2.05, 4.69) is 12.2 Å². The third-order valence-electron chi connectivity index (χ3n) is 13.5. The number of carbonyl (C=O) groups excluding carboxylic acids is 1. The van der Waals surface area contributed by atoms with Crippen LogP contribution in [-0.2, 0) is 37.6 Å². The molecule has 1 heterocycles. The summed E-state index contributed by atoms with van der Waals surface area (Å²) in [6.07, 6.45) is 20.8. The first-order chi connectivity index (χ1) is 35.2. The van der Waals surface area contributed by atoms with Gasteiger partial charge in [-0.3, -0.25) is 14.4 Å². The molecular weight excluding hydrogens is 993 g/mol. The van der Waals surface area contributed by atoms with Crippen molar-refractivity contribution >= 4 is 22.0 Å². The van der Waals surface area contributed by atoms with Crippen molar-refractivity contribution in [1.29, 1.82) is 0 Å². The summed E-state index contributed by atoms with van der Waals surface area (Å²) in [6, 6.07) is 0. The third-order valence-corrected chi connectivity index (χ3v) is 16.1. The van der Waals surface area contributed by atoms with E-state index in [1.165, 1.54) is 4.90 Å². The zero-order valence-corrected chi connectivity index (χ0v) is 53.0. The van der Waals surface area contributed by atoms with E-state index in [1.54, 1.807) is 12.2 Å². The fraction of sp³-hybridized carbons (Fsp3) is 0.635. The van der Waals surface area contributed by atoms with Crippen LogP contribution in [0.5, 0.6) is 0 Å². The highest BCUT2D eigenvalue weighted by atomic mass is 31.1. The van der Waals surface area contributed by atoms with Crippen LogP contribution in [0, 0.1) is 0 Å². The lowest BCUT2D eigenvalue weighted by Crippen LogP contribution is -2.93. The summed E-state index contributed by atoms with van der Waals surface area (Å²) in [5, 5.41) is -3.09. The lowest BCUT2D eigenvalue weighted by atomic mass is 9.53. The van der Waals surface area contributed by atoms with Crippen LogP contribution in [0.4, 0.5) is 0 Å². The Hall–Kier alpha value is -3.47. The molecule has 0 spiro atoms. The number of allylic oxidation sites excluding steroid dienone is 12. The summed E-state index contributed by atoms with van der Waals surface area (Å²) in [7, 11) is -8.54. The molecule has 11 nitrogen and oxygen atoms in total. The molecule has 7 atom stereocenters. The average molecular weight is 1090 g/mol. The van der Waals surface area contributed by atoms with E-state index in [9.17, 15) is 0 Å². The van der Waals surface area contributed by atoms with Gasteiger partial charge >= 0.3 is 26.9 Å². The number of amides is 1. The summed E-state index contributed by atoms with van der Waals surface area (Å²) in [6.45, 7) is 41.4. The topological polar surface area (TPSA) is 147 Å². The minimum Gasteiger partial charge on any atom is -0.593 e. The second kappa shape index (κ2) is 32.0. The van der Waals surface area contributed by atoms with E-state index in [-0.39, 0.29) is 71.3 Å². The number of rotatable bonds is 31. The summed E-state index contributed by atoms with van der Waals surface area (Å²) in [5.74, 6) is -0.658. The van der Waals surface area contributed by atoms with Gasteiger partial charge in [-0.1, -0.05) is 137 Å². The maximum absolute atomic E-state index is 16.3. The fourth-order valence-corrected chi connectivity index (χ4v) is 12.4. The second-order valence-electron chi connectivity index (χ2n) is 23.2. The Bertz CT molecular complexity index is 2300. The van der Waals surface area contributed by atoms with Crippen molar-refractivity contribution in [2.24, 2.45) is 0 Å². The molecule has 1 amide bonds. The summed E-state index contributed by atoms with van der Waals surface area (Å²) >= 11 is 0. The van der Waals surface area contributed by atoms with Gasteiger partial charge in [-0.15, -0.1) is 0 Å². The van der Waals surface area contributed by atoms with Gasteiger partial charge in [-0.2, -0.15) is 0 Å². The molecule has 1 fully saturated rings. The van der Waals surface area contributed by atoms with Crippen molar-refractivity contribution in [2.45, 2.75) is 230 Å². The molecule has 0 aromatic heterocycles. The van der Waals surface area contributed by atoms with Crippen LogP contribution in [0.15, 0.2) is 128 Å². The van der Waals surface area contributed by atoms with Crippen LogP contribution in [0.3, 0.4) is 0 Å². The van der Waals surface area contributed by atoms with Crippen molar-refractivity contribution in [2.75, 3.05) is 33.0 Å². The van der Waals surface area contributed by atoms with E-state index in [0.717, 1.165) is 61.3 Å². The van der Waals surface area contributed by atoms with Crippen molar-refractivity contribution in [3.05, 3.63) is 128 Å². The molecular formula is C63H101NO10P2. The monoisotopic (exact) mass is 1090 g/mol. The van der Waals surface area contributed by atoms with Gasteiger partial charge in [-0.05, 0) is 172 Å². The van der Waals surface area contributed by atoms with Crippen LogP contribution in [0.25, 0.3) is 0 Å². The molecule has 0 aliphatic carbocycles. The minimum absolute atomic E-state index is 0.0490. The van der Waals surface area contributed by atoms with E-state index >= 15 is 23.7 Å². The molecule has 0 N–H and O–H groups in total. The molecule has 1 aliphatic rings. The van der Waals surface area contributed by atoms with Crippen LogP contribution < -0.4 is 9.79 Å². The van der Waals surface area contributed by atoms with E-state index in [0.29, 0.717) is 0 Å². The first-order valence-corrected chi connectivity index (χ1v) is 29.4. The molecule has 0 radical (unpaired) electrons. The maximum Gasteiger partial charge on any atom is 0.446 e. The van der Waals surface area contributed by atoms with Gasteiger partial charge in [0, 0.05) is 32.2 Å². The Kier molecular flexibility index (Phi) is 29.7. The van der Waals surface area contributed by atoms with Crippen LogP contribution in [-0.4, -0.2) is 77.0 Å². The molecule has 76 heavy (non-hydrogen) atoms. The molecule has 428 valence electrons. The van der Waals surface area contributed by atoms with Gasteiger partial charge in [0.1, 0.15) is 16.8 Å². The van der Waals surface area contributed by atoms with Crippen LogP contribution in [0.1, 0.15) is 197 Å².